The number of nitrogens with one attached hydrogen (secondary N) is 1. The Bertz CT molecular complexity index is 1140. The number of hydrogen-bond acceptors (Lipinski definition) is 10. The minimum atomic E-state index is -1.02. The molecule has 0 aromatic heterocycles. The largest absolute Gasteiger partial charge is 0.497 e. The van der Waals surface area contributed by atoms with E-state index in [-0.39, 0.29) is 41.5 Å². The van der Waals surface area contributed by atoms with Gasteiger partial charge in [0.2, 0.25) is 5.78 Å². The van der Waals surface area contributed by atoms with Crippen molar-refractivity contribution in [3.8, 4) is 11.5 Å². The van der Waals surface area contributed by atoms with E-state index in [2.05, 4.69) is 10.3 Å². The molecule has 5 rings (SSSR count). The molecule has 5 unspecified atom stereocenters. The van der Waals surface area contributed by atoms with E-state index >= 15 is 0 Å². The number of amides is 1. The lowest BCUT2D eigenvalue weighted by Crippen LogP contribution is -2.55. The van der Waals surface area contributed by atoms with Crippen molar-refractivity contribution in [1.82, 2.24) is 10.2 Å². The van der Waals surface area contributed by atoms with E-state index in [1.54, 1.807) is 25.1 Å². The summed E-state index contributed by atoms with van der Waals surface area (Å²) < 4.78 is 21.7. The molecule has 180 valence electrons. The molecule has 0 saturated carbocycles. The van der Waals surface area contributed by atoms with Gasteiger partial charge in [0.25, 0.3) is 0 Å². The third-order valence-corrected chi connectivity index (χ3v) is 7.13. The summed E-state index contributed by atoms with van der Waals surface area (Å²) in [4.78, 5) is 45.3. The minimum Gasteiger partial charge on any atom is -0.497 e. The number of primary amides is 1. The van der Waals surface area contributed by atoms with Crippen LogP contribution in [0.1, 0.15) is 6.92 Å². The summed E-state index contributed by atoms with van der Waals surface area (Å²) in [6, 6.07) is 5.01. The van der Waals surface area contributed by atoms with Gasteiger partial charge in [-0.15, -0.1) is 0 Å². The summed E-state index contributed by atoms with van der Waals surface area (Å²) >= 11 is 0. The predicted molar refractivity (Wildman–Crippen MR) is 119 cm³/mol. The number of nitrogens with two attached hydrogens (primary N) is 1. The topological polar surface area (TPSA) is 152 Å². The van der Waals surface area contributed by atoms with E-state index in [0.29, 0.717) is 29.4 Å². The van der Waals surface area contributed by atoms with Crippen molar-refractivity contribution in [2.24, 2.45) is 22.6 Å². The molecular weight excluding hydrogens is 444 g/mol. The molecule has 0 radical (unpaired) electrons. The normalized spacial score (nSPS) is 32.5. The zero-order chi connectivity index (χ0) is 24.4. The van der Waals surface area contributed by atoms with Crippen LogP contribution in [-0.4, -0.2) is 80.6 Å². The number of nitrogens with zero attached hydrogens (tertiary/aromatic N) is 2. The fraction of sp³-hybridized carbons (Fsp3) is 0.478. The number of rotatable bonds is 6. The first kappa shape index (κ1) is 22.4. The molecule has 0 spiro atoms. The summed E-state index contributed by atoms with van der Waals surface area (Å²) in [7, 11) is 4.55. The Morgan fingerprint density at radius 2 is 1.88 bits per heavy atom. The molecular formula is C23H26N4O7. The zero-order valence-corrected chi connectivity index (χ0v) is 19.3. The smallest absolute Gasteiger partial charge is 0.404 e. The lowest BCUT2D eigenvalue weighted by Gasteiger charge is -2.39. The summed E-state index contributed by atoms with van der Waals surface area (Å²) in [6.45, 7) is 1.98. The Labute approximate surface area is 195 Å². The van der Waals surface area contributed by atoms with Gasteiger partial charge in [0.15, 0.2) is 11.5 Å². The zero-order valence-electron chi connectivity index (χ0n) is 19.3. The second-order valence-electron chi connectivity index (χ2n) is 8.75. The molecule has 0 bridgehead atoms. The van der Waals surface area contributed by atoms with E-state index in [1.807, 2.05) is 4.90 Å². The van der Waals surface area contributed by atoms with Gasteiger partial charge in [-0.1, -0.05) is 0 Å². The number of hydrogen-bond donors (Lipinski definition) is 2. The molecule has 3 heterocycles. The monoisotopic (exact) mass is 470 g/mol. The Balaban J connectivity index is 1.61. The summed E-state index contributed by atoms with van der Waals surface area (Å²) in [5, 5.41) is 3.33. The molecule has 3 aliphatic heterocycles. The first-order valence-electron chi connectivity index (χ1n) is 10.9. The predicted octanol–water partition coefficient (Wildman–Crippen LogP) is 0.542. The first-order valence-corrected chi connectivity index (χ1v) is 10.9. The fourth-order valence-corrected chi connectivity index (χ4v) is 5.52. The van der Waals surface area contributed by atoms with Crippen molar-refractivity contribution in [3.63, 3.8) is 0 Å². The highest BCUT2D eigenvalue weighted by Gasteiger charge is 2.73. The van der Waals surface area contributed by atoms with Crippen molar-refractivity contribution in [3.05, 3.63) is 29.5 Å². The molecule has 11 nitrogen and oxygen atoms in total. The van der Waals surface area contributed by atoms with E-state index in [1.165, 1.54) is 21.3 Å². The van der Waals surface area contributed by atoms with Gasteiger partial charge in [0.1, 0.15) is 18.1 Å². The maximum absolute atomic E-state index is 13.9. The second-order valence-corrected chi connectivity index (χ2v) is 8.75. The SMILES string of the molecule is COc1cc(N=C2C(=O)C3=C(C(=O)C2C)N2CC4NC4C2(OC)C3COC(N)=O)cc(OC)c1. The van der Waals surface area contributed by atoms with Crippen LogP contribution < -0.4 is 20.5 Å². The van der Waals surface area contributed by atoms with Gasteiger partial charge < -0.3 is 34.9 Å². The van der Waals surface area contributed by atoms with E-state index in [4.69, 9.17) is 24.7 Å². The molecule has 34 heavy (non-hydrogen) atoms. The average Bonchev–Trinajstić information content (AvgIpc) is 3.44. The molecule has 2 fully saturated rings. The number of carbonyl (C=O) groups is 3. The van der Waals surface area contributed by atoms with Crippen LogP contribution in [0.25, 0.3) is 0 Å². The van der Waals surface area contributed by atoms with Gasteiger partial charge in [0.05, 0.1) is 49.2 Å². The maximum Gasteiger partial charge on any atom is 0.404 e. The molecule has 5 atom stereocenters. The van der Waals surface area contributed by atoms with Crippen LogP contribution in [-0.2, 0) is 19.1 Å². The molecule has 1 aromatic rings. The Morgan fingerprint density at radius 1 is 1.21 bits per heavy atom. The average molecular weight is 470 g/mol. The number of carbonyl (C=O) groups excluding carboxylic acids is 3. The highest BCUT2D eigenvalue weighted by molar-refractivity contribution is 6.53. The van der Waals surface area contributed by atoms with Gasteiger partial charge in [-0.3, -0.25) is 9.59 Å². The van der Waals surface area contributed by atoms with Gasteiger partial charge in [-0.25, -0.2) is 9.79 Å². The minimum absolute atomic E-state index is 0.0934. The Hall–Kier alpha value is -3.44. The van der Waals surface area contributed by atoms with Crippen LogP contribution >= 0.6 is 0 Å². The summed E-state index contributed by atoms with van der Waals surface area (Å²) in [6.07, 6.45) is -0.967. The highest BCUT2D eigenvalue weighted by atomic mass is 16.6. The first-order chi connectivity index (χ1) is 16.3. The lowest BCUT2D eigenvalue weighted by molar-refractivity contribution is -0.138. The lowest BCUT2D eigenvalue weighted by atomic mass is 9.78. The summed E-state index contributed by atoms with van der Waals surface area (Å²) in [5.41, 5.74) is 5.27. The highest BCUT2D eigenvalue weighted by Crippen LogP contribution is 2.55. The van der Waals surface area contributed by atoms with Crippen LogP contribution in [0.4, 0.5) is 10.5 Å². The van der Waals surface area contributed by atoms with Crippen LogP contribution in [0.3, 0.4) is 0 Å². The molecule has 1 amide bonds. The number of ketones is 2. The van der Waals surface area contributed by atoms with Crippen LogP contribution in [0.5, 0.6) is 11.5 Å². The number of fused-ring (bicyclic) bond motifs is 4. The third kappa shape index (κ3) is 3.03. The number of Topliss-reactive ketones (excluding diaryl/α,β-unsaturated/α-hetero) is 2. The Morgan fingerprint density at radius 3 is 2.47 bits per heavy atom. The van der Waals surface area contributed by atoms with Crippen LogP contribution in [0, 0.1) is 11.8 Å². The number of benzene rings is 1. The van der Waals surface area contributed by atoms with Crippen LogP contribution in [0.15, 0.2) is 34.5 Å². The van der Waals surface area contributed by atoms with Crippen molar-refractivity contribution in [2.45, 2.75) is 24.7 Å². The quantitative estimate of drug-likeness (QED) is 0.568. The van der Waals surface area contributed by atoms with E-state index in [0.717, 1.165) is 0 Å². The third-order valence-electron chi connectivity index (χ3n) is 7.13. The second kappa shape index (κ2) is 7.81. The Kier molecular flexibility index (Phi) is 5.14. The van der Waals surface area contributed by atoms with E-state index in [9.17, 15) is 14.4 Å². The van der Waals surface area contributed by atoms with Gasteiger partial charge in [-0.2, -0.15) is 0 Å². The van der Waals surface area contributed by atoms with Crippen molar-refractivity contribution < 1.29 is 33.3 Å². The van der Waals surface area contributed by atoms with Crippen molar-refractivity contribution in [2.75, 3.05) is 34.5 Å². The summed E-state index contributed by atoms with van der Waals surface area (Å²) in [5.74, 6) is -1.10. The van der Waals surface area contributed by atoms with Gasteiger partial charge >= 0.3 is 6.09 Å². The molecule has 11 heteroatoms. The van der Waals surface area contributed by atoms with E-state index < -0.39 is 23.7 Å². The van der Waals surface area contributed by atoms with Crippen molar-refractivity contribution in [1.29, 1.82) is 0 Å². The standard InChI is InChI=1S/C23H26N4O7/c1-10-17(25-11-5-12(31-2)7-13(6-11)32-3)20(29)16-14(9-34-22(24)30)23(33-4)21-15(26-21)8-27(23)18(16)19(10)28/h5-7,10,14-15,21,26H,8-9H2,1-4H3,(H2,24,30). The number of methoxy groups -OCH3 is 3. The molecule has 1 aromatic carbocycles. The number of piperazine rings is 1. The van der Waals surface area contributed by atoms with Gasteiger partial charge in [0, 0.05) is 43.5 Å². The van der Waals surface area contributed by atoms with Crippen molar-refractivity contribution >= 4 is 29.1 Å². The maximum atomic E-state index is 13.9. The molecule has 3 N–H and O–H groups in total. The van der Waals surface area contributed by atoms with Crippen LogP contribution in [0.2, 0.25) is 0 Å². The number of allylic oxidation sites excluding steroid dienone is 1. The molecule has 4 aliphatic rings. The number of ether oxygens (including phenoxy) is 4. The van der Waals surface area contributed by atoms with Gasteiger partial charge in [-0.05, 0) is 6.92 Å². The molecule has 2 saturated heterocycles. The fourth-order valence-electron chi connectivity index (χ4n) is 5.52. The molecule has 1 aliphatic carbocycles. The number of aliphatic imine (C=N–C) groups is 1.